The number of hydrogen-bond acceptors (Lipinski definition) is 4. The van der Waals surface area contributed by atoms with E-state index in [2.05, 4.69) is 24.0 Å². The summed E-state index contributed by atoms with van der Waals surface area (Å²) in [6.45, 7) is 7.86. The molecule has 0 aromatic heterocycles. The third-order valence-corrected chi connectivity index (χ3v) is 4.65. The van der Waals surface area contributed by atoms with Gasteiger partial charge in [0.25, 0.3) is 0 Å². The maximum Gasteiger partial charge on any atom is 0.124 e. The van der Waals surface area contributed by atoms with Crippen molar-refractivity contribution in [3.8, 4) is 5.75 Å². The number of hydrogen-bond donors (Lipinski definition) is 1. The topological polar surface area (TPSA) is 38.5 Å². The molecule has 0 saturated carbocycles. The third kappa shape index (κ3) is 3.65. The molecular weight excluding hydrogens is 256 g/mol. The predicted octanol–water partition coefficient (Wildman–Crippen LogP) is 2.52. The van der Waals surface area contributed by atoms with Crippen LogP contribution in [0.15, 0.2) is 24.3 Å². The van der Waals surface area contributed by atoms with Crippen molar-refractivity contribution in [2.75, 3.05) is 32.0 Å². The van der Waals surface area contributed by atoms with Crippen molar-refractivity contribution >= 4 is 11.8 Å². The maximum absolute atomic E-state index is 6.04. The number of ether oxygens (including phenoxy) is 1. The largest absolute Gasteiger partial charge is 0.494 e. The SMILES string of the molecule is CCOc1ccccc1C(CN)N1CCSC(C)C1. The number of nitrogens with two attached hydrogens (primary N) is 1. The minimum absolute atomic E-state index is 0.270. The lowest BCUT2D eigenvalue weighted by atomic mass is 10.0. The summed E-state index contributed by atoms with van der Waals surface area (Å²) < 4.78 is 5.75. The fourth-order valence-electron chi connectivity index (χ4n) is 2.64. The molecule has 19 heavy (non-hydrogen) atoms. The number of thioether (sulfide) groups is 1. The second kappa shape index (κ2) is 7.17. The highest BCUT2D eigenvalue weighted by Gasteiger charge is 2.26. The van der Waals surface area contributed by atoms with Crippen molar-refractivity contribution in [3.05, 3.63) is 29.8 Å². The molecule has 0 aliphatic carbocycles. The smallest absolute Gasteiger partial charge is 0.124 e. The van der Waals surface area contributed by atoms with E-state index in [1.54, 1.807) is 0 Å². The summed E-state index contributed by atoms with van der Waals surface area (Å²) in [4.78, 5) is 2.50. The Morgan fingerprint density at radius 2 is 2.26 bits per heavy atom. The van der Waals surface area contributed by atoms with E-state index in [1.807, 2.05) is 30.8 Å². The summed E-state index contributed by atoms with van der Waals surface area (Å²) in [5.41, 5.74) is 7.27. The summed E-state index contributed by atoms with van der Waals surface area (Å²) in [6.07, 6.45) is 0. The first kappa shape index (κ1) is 14.7. The Labute approximate surface area is 120 Å². The molecule has 1 heterocycles. The number of rotatable bonds is 5. The van der Waals surface area contributed by atoms with Crippen LogP contribution in [0.2, 0.25) is 0 Å². The van der Waals surface area contributed by atoms with Gasteiger partial charge in [-0.2, -0.15) is 11.8 Å². The second-order valence-electron chi connectivity index (χ2n) is 4.90. The van der Waals surface area contributed by atoms with E-state index in [0.29, 0.717) is 18.4 Å². The lowest BCUT2D eigenvalue weighted by Gasteiger charge is -2.37. The van der Waals surface area contributed by atoms with E-state index in [1.165, 1.54) is 11.3 Å². The highest BCUT2D eigenvalue weighted by atomic mass is 32.2. The van der Waals surface area contributed by atoms with Gasteiger partial charge in [-0.1, -0.05) is 25.1 Å². The van der Waals surface area contributed by atoms with Crippen molar-refractivity contribution in [1.82, 2.24) is 4.90 Å². The maximum atomic E-state index is 6.04. The van der Waals surface area contributed by atoms with E-state index >= 15 is 0 Å². The van der Waals surface area contributed by atoms with Crippen LogP contribution in [0, 0.1) is 0 Å². The molecule has 4 heteroatoms. The number of benzene rings is 1. The van der Waals surface area contributed by atoms with Crippen LogP contribution in [-0.4, -0.2) is 42.1 Å². The molecule has 1 aromatic rings. The highest BCUT2D eigenvalue weighted by Crippen LogP contribution is 2.31. The van der Waals surface area contributed by atoms with Gasteiger partial charge >= 0.3 is 0 Å². The molecule has 2 N–H and O–H groups in total. The van der Waals surface area contributed by atoms with Crippen molar-refractivity contribution in [2.45, 2.75) is 25.1 Å². The molecular formula is C15H24N2OS. The zero-order valence-corrected chi connectivity index (χ0v) is 12.7. The van der Waals surface area contributed by atoms with Gasteiger partial charge in [-0.25, -0.2) is 0 Å². The van der Waals surface area contributed by atoms with Crippen LogP contribution in [0.4, 0.5) is 0 Å². The molecule has 3 nitrogen and oxygen atoms in total. The van der Waals surface area contributed by atoms with E-state index < -0.39 is 0 Å². The Bertz CT molecular complexity index is 399. The van der Waals surface area contributed by atoms with Gasteiger partial charge in [-0.3, -0.25) is 4.90 Å². The van der Waals surface area contributed by atoms with Gasteiger partial charge in [-0.15, -0.1) is 0 Å². The van der Waals surface area contributed by atoms with Gasteiger partial charge < -0.3 is 10.5 Å². The first-order valence-corrected chi connectivity index (χ1v) is 8.08. The lowest BCUT2D eigenvalue weighted by molar-refractivity contribution is 0.205. The number of para-hydroxylation sites is 1. The van der Waals surface area contributed by atoms with E-state index in [0.717, 1.165) is 18.8 Å². The van der Waals surface area contributed by atoms with Crippen LogP contribution in [0.1, 0.15) is 25.5 Å². The van der Waals surface area contributed by atoms with Crippen LogP contribution in [0.5, 0.6) is 5.75 Å². The minimum atomic E-state index is 0.270. The molecule has 1 aliphatic heterocycles. The van der Waals surface area contributed by atoms with Crippen molar-refractivity contribution in [1.29, 1.82) is 0 Å². The first-order valence-electron chi connectivity index (χ1n) is 7.03. The van der Waals surface area contributed by atoms with Crippen LogP contribution in [0.25, 0.3) is 0 Å². The van der Waals surface area contributed by atoms with E-state index in [4.69, 9.17) is 10.5 Å². The van der Waals surface area contributed by atoms with E-state index in [9.17, 15) is 0 Å². The molecule has 2 rings (SSSR count). The monoisotopic (exact) mass is 280 g/mol. The van der Waals surface area contributed by atoms with Gasteiger partial charge in [0.2, 0.25) is 0 Å². The third-order valence-electron chi connectivity index (χ3n) is 3.51. The Balaban J connectivity index is 2.20. The Hall–Kier alpha value is -0.710. The van der Waals surface area contributed by atoms with Gasteiger partial charge in [0.05, 0.1) is 12.6 Å². The highest BCUT2D eigenvalue weighted by molar-refractivity contribution is 7.99. The van der Waals surface area contributed by atoms with Gasteiger partial charge in [-0.05, 0) is 13.0 Å². The first-order chi connectivity index (χ1) is 9.26. The normalized spacial score (nSPS) is 22.2. The fraction of sp³-hybridized carbons (Fsp3) is 0.600. The van der Waals surface area contributed by atoms with Crippen LogP contribution in [-0.2, 0) is 0 Å². The Morgan fingerprint density at radius 1 is 1.47 bits per heavy atom. The quantitative estimate of drug-likeness (QED) is 0.899. The van der Waals surface area contributed by atoms with Crippen molar-refractivity contribution < 1.29 is 4.74 Å². The zero-order valence-electron chi connectivity index (χ0n) is 11.8. The van der Waals surface area contributed by atoms with Gasteiger partial charge in [0, 0.05) is 36.2 Å². The van der Waals surface area contributed by atoms with Crippen LogP contribution >= 0.6 is 11.8 Å². The lowest BCUT2D eigenvalue weighted by Crippen LogP contribution is -2.42. The van der Waals surface area contributed by atoms with Crippen molar-refractivity contribution in [2.24, 2.45) is 5.73 Å². The second-order valence-corrected chi connectivity index (χ2v) is 6.45. The van der Waals surface area contributed by atoms with E-state index in [-0.39, 0.29) is 6.04 Å². The molecule has 0 amide bonds. The predicted molar refractivity (Wildman–Crippen MR) is 82.9 cm³/mol. The summed E-state index contributed by atoms with van der Waals surface area (Å²) in [5, 5.41) is 0.682. The number of nitrogens with zero attached hydrogens (tertiary/aromatic N) is 1. The Kier molecular flexibility index (Phi) is 5.55. The van der Waals surface area contributed by atoms with Crippen LogP contribution in [0.3, 0.4) is 0 Å². The summed E-state index contributed by atoms with van der Waals surface area (Å²) in [6, 6.07) is 8.56. The van der Waals surface area contributed by atoms with Crippen LogP contribution < -0.4 is 10.5 Å². The molecule has 106 valence electrons. The molecule has 1 aliphatic rings. The summed E-state index contributed by atoms with van der Waals surface area (Å²) in [5.74, 6) is 2.17. The van der Waals surface area contributed by atoms with Gasteiger partial charge in [0.15, 0.2) is 0 Å². The molecule has 0 bridgehead atoms. The zero-order chi connectivity index (χ0) is 13.7. The standard InChI is InChI=1S/C15H24N2OS/c1-3-18-15-7-5-4-6-13(15)14(10-16)17-8-9-19-12(2)11-17/h4-7,12,14H,3,8-11,16H2,1-2H3. The van der Waals surface area contributed by atoms with Crippen molar-refractivity contribution in [3.63, 3.8) is 0 Å². The molecule has 2 unspecified atom stereocenters. The Morgan fingerprint density at radius 3 is 2.95 bits per heavy atom. The molecule has 0 spiro atoms. The summed E-state index contributed by atoms with van der Waals surface area (Å²) in [7, 11) is 0. The molecule has 2 atom stereocenters. The average molecular weight is 280 g/mol. The molecule has 1 aromatic carbocycles. The molecule has 0 radical (unpaired) electrons. The summed E-state index contributed by atoms with van der Waals surface area (Å²) >= 11 is 2.05. The molecule has 1 fully saturated rings. The minimum Gasteiger partial charge on any atom is -0.494 e. The van der Waals surface area contributed by atoms with Gasteiger partial charge in [0.1, 0.15) is 5.75 Å². The fourth-order valence-corrected chi connectivity index (χ4v) is 3.68. The average Bonchev–Trinajstić information content (AvgIpc) is 2.42. The molecule has 1 saturated heterocycles.